The highest BCUT2D eigenvalue weighted by Crippen LogP contribution is 2.27. The maximum absolute atomic E-state index is 12.8. The first-order valence-electron chi connectivity index (χ1n) is 8.18. The van der Waals surface area contributed by atoms with Crippen LogP contribution in [0.5, 0.6) is 0 Å². The molecule has 134 valence electrons. The number of hydrogen-bond donors (Lipinski definition) is 2. The Hall–Kier alpha value is -1.70. The van der Waals surface area contributed by atoms with Crippen molar-refractivity contribution in [2.75, 3.05) is 6.61 Å². The van der Waals surface area contributed by atoms with E-state index in [9.17, 15) is 19.8 Å². The zero-order valence-corrected chi connectivity index (χ0v) is 14.6. The molecular weight excluding hydrogens is 312 g/mol. The van der Waals surface area contributed by atoms with Crippen molar-refractivity contribution in [2.45, 2.75) is 65.0 Å². The van der Waals surface area contributed by atoms with Gasteiger partial charge in [-0.2, -0.15) is 0 Å². The Kier molecular flexibility index (Phi) is 5.79. The first-order chi connectivity index (χ1) is 11.3. The largest absolute Gasteiger partial charge is 0.394 e. The third-order valence-corrected chi connectivity index (χ3v) is 4.32. The van der Waals surface area contributed by atoms with Crippen molar-refractivity contribution in [1.29, 1.82) is 0 Å². The van der Waals surface area contributed by atoms with E-state index < -0.39 is 24.1 Å². The molecule has 24 heavy (non-hydrogen) atoms. The molecule has 7 heteroatoms. The van der Waals surface area contributed by atoms with Crippen molar-refractivity contribution in [3.05, 3.63) is 44.2 Å². The van der Waals surface area contributed by atoms with Gasteiger partial charge in [0, 0.05) is 24.2 Å². The van der Waals surface area contributed by atoms with Crippen LogP contribution in [-0.4, -0.2) is 38.2 Å². The van der Waals surface area contributed by atoms with Crippen LogP contribution in [0.2, 0.25) is 0 Å². The second-order valence-corrected chi connectivity index (χ2v) is 6.66. The van der Waals surface area contributed by atoms with Crippen LogP contribution in [0, 0.1) is 6.92 Å². The second kappa shape index (κ2) is 7.46. The summed E-state index contributed by atoms with van der Waals surface area (Å²) >= 11 is 0. The molecule has 0 aromatic carbocycles. The molecule has 0 spiro atoms. The molecule has 1 aliphatic heterocycles. The molecule has 0 amide bonds. The molecule has 1 fully saturated rings. The third-order valence-electron chi connectivity index (χ3n) is 4.32. The van der Waals surface area contributed by atoms with Gasteiger partial charge in [-0.3, -0.25) is 13.9 Å². The van der Waals surface area contributed by atoms with Crippen LogP contribution >= 0.6 is 0 Å². The van der Waals surface area contributed by atoms with Crippen molar-refractivity contribution in [3.63, 3.8) is 0 Å². The fourth-order valence-electron chi connectivity index (χ4n) is 2.88. The number of ether oxygens (including phenoxy) is 1. The minimum Gasteiger partial charge on any atom is -0.394 e. The van der Waals surface area contributed by atoms with Crippen LogP contribution in [0.3, 0.4) is 0 Å². The summed E-state index contributed by atoms with van der Waals surface area (Å²) in [6, 6.07) is -0.286. The van der Waals surface area contributed by atoms with E-state index in [1.807, 2.05) is 26.8 Å². The van der Waals surface area contributed by atoms with E-state index in [1.54, 1.807) is 6.92 Å². The number of aliphatic hydroxyl groups excluding tert-OH is 2. The normalized spacial score (nSPS) is 24.8. The van der Waals surface area contributed by atoms with Gasteiger partial charge in [0.05, 0.1) is 12.7 Å². The topological polar surface area (TPSA) is 93.7 Å². The standard InChI is InChI=1S/C17H26N2O5/c1-10(2)5-6-12(4)19-16(22)11(3)8-18(17(19)23)15-7-13(21)14(9-20)24-15/h5,8,12-15,20-21H,6-7,9H2,1-4H3/t12?,13?,14-,15-/m1/s1. The second-order valence-electron chi connectivity index (χ2n) is 6.66. The monoisotopic (exact) mass is 338 g/mol. The Morgan fingerprint density at radius 3 is 2.67 bits per heavy atom. The smallest absolute Gasteiger partial charge is 0.333 e. The molecule has 1 aromatic rings. The lowest BCUT2D eigenvalue weighted by Crippen LogP contribution is -2.43. The summed E-state index contributed by atoms with van der Waals surface area (Å²) < 4.78 is 8.13. The fourth-order valence-corrected chi connectivity index (χ4v) is 2.88. The van der Waals surface area contributed by atoms with Crippen LogP contribution in [-0.2, 0) is 4.74 Å². The summed E-state index contributed by atoms with van der Waals surface area (Å²) in [6.45, 7) is 7.09. The lowest BCUT2D eigenvalue weighted by atomic mass is 10.1. The molecule has 1 aromatic heterocycles. The molecule has 1 saturated heterocycles. The van der Waals surface area contributed by atoms with Crippen molar-refractivity contribution in [3.8, 4) is 0 Å². The van der Waals surface area contributed by atoms with Gasteiger partial charge in [0.1, 0.15) is 12.3 Å². The maximum atomic E-state index is 12.8. The van der Waals surface area contributed by atoms with Crippen LogP contribution in [0.25, 0.3) is 0 Å². The van der Waals surface area contributed by atoms with Crippen molar-refractivity contribution >= 4 is 0 Å². The summed E-state index contributed by atoms with van der Waals surface area (Å²) in [5.41, 5.74) is 0.777. The Bertz CT molecular complexity index is 729. The molecule has 2 heterocycles. The number of aryl methyl sites for hydroxylation is 1. The van der Waals surface area contributed by atoms with Gasteiger partial charge in [-0.05, 0) is 34.1 Å². The zero-order valence-electron chi connectivity index (χ0n) is 14.6. The van der Waals surface area contributed by atoms with Gasteiger partial charge in [0.2, 0.25) is 0 Å². The number of hydrogen-bond acceptors (Lipinski definition) is 5. The number of rotatable bonds is 5. The Labute approximate surface area is 140 Å². The number of aromatic nitrogens is 2. The first kappa shape index (κ1) is 18.6. The number of nitrogens with zero attached hydrogens (tertiary/aromatic N) is 2. The summed E-state index contributed by atoms with van der Waals surface area (Å²) in [4.78, 5) is 25.2. The molecule has 0 radical (unpaired) electrons. The van der Waals surface area contributed by atoms with E-state index >= 15 is 0 Å². The highest BCUT2D eigenvalue weighted by molar-refractivity contribution is 5.05. The van der Waals surface area contributed by atoms with E-state index in [1.165, 1.54) is 15.3 Å². The lowest BCUT2D eigenvalue weighted by Gasteiger charge is -2.20. The molecule has 0 aliphatic carbocycles. The van der Waals surface area contributed by atoms with Crippen LogP contribution in [0.15, 0.2) is 27.4 Å². The number of allylic oxidation sites excluding steroid dienone is 2. The quantitative estimate of drug-likeness (QED) is 0.777. The van der Waals surface area contributed by atoms with Gasteiger partial charge in [-0.25, -0.2) is 4.79 Å². The van der Waals surface area contributed by atoms with Crippen molar-refractivity contribution < 1.29 is 14.9 Å². The summed E-state index contributed by atoms with van der Waals surface area (Å²) in [5, 5.41) is 19.1. The van der Waals surface area contributed by atoms with Crippen LogP contribution in [0.1, 0.15) is 51.4 Å². The minimum atomic E-state index is -0.837. The van der Waals surface area contributed by atoms with E-state index in [4.69, 9.17) is 4.74 Å². The highest BCUT2D eigenvalue weighted by atomic mass is 16.5. The van der Waals surface area contributed by atoms with Crippen molar-refractivity contribution in [1.82, 2.24) is 9.13 Å². The van der Waals surface area contributed by atoms with Gasteiger partial charge in [0.25, 0.3) is 5.56 Å². The Morgan fingerprint density at radius 2 is 2.12 bits per heavy atom. The van der Waals surface area contributed by atoms with E-state index in [0.717, 1.165) is 5.57 Å². The first-order valence-corrected chi connectivity index (χ1v) is 8.18. The van der Waals surface area contributed by atoms with Crippen molar-refractivity contribution in [2.24, 2.45) is 0 Å². The minimum absolute atomic E-state index is 0.200. The SMILES string of the molecule is CC(C)=CCC(C)n1c(=O)c(C)cn([C@H]2CC(O)[C@@H](CO)O2)c1=O. The molecule has 2 unspecified atom stereocenters. The zero-order chi connectivity index (χ0) is 18.0. The van der Waals surface area contributed by atoms with Gasteiger partial charge < -0.3 is 14.9 Å². The molecular formula is C17H26N2O5. The molecule has 0 bridgehead atoms. The maximum Gasteiger partial charge on any atom is 0.333 e. The molecule has 4 atom stereocenters. The molecule has 1 aliphatic rings. The summed E-state index contributed by atoms with van der Waals surface area (Å²) in [7, 11) is 0. The highest BCUT2D eigenvalue weighted by Gasteiger charge is 2.35. The Morgan fingerprint density at radius 1 is 1.46 bits per heavy atom. The van der Waals surface area contributed by atoms with Crippen LogP contribution < -0.4 is 11.2 Å². The van der Waals surface area contributed by atoms with E-state index in [2.05, 4.69) is 0 Å². The van der Waals surface area contributed by atoms with E-state index in [0.29, 0.717) is 12.0 Å². The predicted octanol–water partition coefficient (Wildman–Crippen LogP) is 0.876. The predicted molar refractivity (Wildman–Crippen MR) is 90.1 cm³/mol. The van der Waals surface area contributed by atoms with Gasteiger partial charge in [-0.1, -0.05) is 11.6 Å². The average molecular weight is 338 g/mol. The average Bonchev–Trinajstić information content (AvgIpc) is 2.89. The van der Waals surface area contributed by atoms with Crippen LogP contribution in [0.4, 0.5) is 0 Å². The third kappa shape index (κ3) is 3.68. The van der Waals surface area contributed by atoms with E-state index in [-0.39, 0.29) is 24.6 Å². The molecule has 2 N–H and O–H groups in total. The fraction of sp³-hybridized carbons (Fsp3) is 0.647. The summed E-state index contributed by atoms with van der Waals surface area (Å²) in [6.07, 6.45) is 1.99. The Balaban J connectivity index is 2.44. The summed E-state index contributed by atoms with van der Waals surface area (Å²) in [5.74, 6) is 0. The molecule has 7 nitrogen and oxygen atoms in total. The van der Waals surface area contributed by atoms with Gasteiger partial charge in [-0.15, -0.1) is 0 Å². The molecule has 0 saturated carbocycles. The number of aliphatic hydroxyl groups is 2. The lowest BCUT2D eigenvalue weighted by molar-refractivity contribution is -0.0464. The molecule has 2 rings (SSSR count). The van der Waals surface area contributed by atoms with Gasteiger partial charge in [0.15, 0.2) is 0 Å². The van der Waals surface area contributed by atoms with Gasteiger partial charge >= 0.3 is 5.69 Å².